The second-order valence-corrected chi connectivity index (χ2v) is 4.45. The lowest BCUT2D eigenvalue weighted by atomic mass is 10.1. The van der Waals surface area contributed by atoms with Crippen LogP contribution in [0.3, 0.4) is 0 Å². The number of nitrogens with one attached hydrogen (secondary N) is 1. The van der Waals surface area contributed by atoms with Gasteiger partial charge < -0.3 is 20.9 Å². The summed E-state index contributed by atoms with van der Waals surface area (Å²) in [7, 11) is 1.50. The zero-order valence-corrected chi connectivity index (χ0v) is 11.4. The summed E-state index contributed by atoms with van der Waals surface area (Å²) >= 11 is 5.97. The summed E-state index contributed by atoms with van der Waals surface area (Å²) in [6.45, 7) is 0. The summed E-state index contributed by atoms with van der Waals surface area (Å²) < 4.78 is 5.02. The molecule has 2 rings (SSSR count). The zero-order chi connectivity index (χ0) is 14.7. The number of anilines is 2. The second kappa shape index (κ2) is 5.71. The van der Waals surface area contributed by atoms with Gasteiger partial charge in [0.05, 0.1) is 23.4 Å². The van der Waals surface area contributed by atoms with E-state index in [1.165, 1.54) is 19.2 Å². The Kier molecular flexibility index (Phi) is 4.00. The second-order valence-electron chi connectivity index (χ2n) is 4.05. The molecule has 0 radical (unpaired) electrons. The molecular weight excluding hydrogens is 280 g/mol. The van der Waals surface area contributed by atoms with Crippen molar-refractivity contribution in [1.29, 1.82) is 0 Å². The van der Waals surface area contributed by atoms with Crippen molar-refractivity contribution in [3.8, 4) is 11.5 Å². The van der Waals surface area contributed by atoms with Crippen molar-refractivity contribution in [3.63, 3.8) is 0 Å². The number of benzene rings is 2. The molecular formula is C14H13ClN2O3. The van der Waals surface area contributed by atoms with Crippen molar-refractivity contribution >= 4 is 28.9 Å². The van der Waals surface area contributed by atoms with E-state index in [0.717, 1.165) is 0 Å². The van der Waals surface area contributed by atoms with Gasteiger partial charge in [-0.1, -0.05) is 17.7 Å². The number of carbonyl (C=O) groups excluding carboxylic acids is 1. The average molecular weight is 293 g/mol. The molecule has 0 aliphatic heterocycles. The van der Waals surface area contributed by atoms with Crippen molar-refractivity contribution in [2.45, 2.75) is 0 Å². The minimum Gasteiger partial charge on any atom is -0.505 e. The van der Waals surface area contributed by atoms with Crippen LogP contribution in [0.2, 0.25) is 5.02 Å². The van der Waals surface area contributed by atoms with Crippen LogP contribution in [0.1, 0.15) is 10.4 Å². The number of phenols is 1. The van der Waals surface area contributed by atoms with Crippen LogP contribution in [0.15, 0.2) is 36.4 Å². The highest BCUT2D eigenvalue weighted by atomic mass is 35.5. The van der Waals surface area contributed by atoms with E-state index >= 15 is 0 Å². The van der Waals surface area contributed by atoms with Gasteiger partial charge >= 0.3 is 0 Å². The Labute approximate surface area is 120 Å². The first-order valence-corrected chi connectivity index (χ1v) is 6.13. The molecule has 1 amide bonds. The first-order chi connectivity index (χ1) is 9.52. The van der Waals surface area contributed by atoms with Gasteiger partial charge in [0.25, 0.3) is 5.91 Å². The van der Waals surface area contributed by atoms with Gasteiger partial charge in [-0.05, 0) is 30.3 Å². The number of phenolic OH excluding ortho intramolecular Hbond substituents is 1. The highest BCUT2D eigenvalue weighted by Gasteiger charge is 2.13. The Morgan fingerprint density at radius 1 is 1.35 bits per heavy atom. The molecule has 0 saturated heterocycles. The number of hydrogen-bond donors (Lipinski definition) is 3. The van der Waals surface area contributed by atoms with Gasteiger partial charge in [0.2, 0.25) is 0 Å². The monoisotopic (exact) mass is 292 g/mol. The highest BCUT2D eigenvalue weighted by molar-refractivity contribution is 6.32. The number of para-hydroxylation sites is 1. The fourth-order valence-corrected chi connectivity index (χ4v) is 1.94. The number of amides is 1. The number of carbonyl (C=O) groups is 1. The maximum atomic E-state index is 12.1. The third kappa shape index (κ3) is 2.78. The molecule has 0 aliphatic carbocycles. The van der Waals surface area contributed by atoms with Crippen LogP contribution < -0.4 is 15.8 Å². The van der Waals surface area contributed by atoms with Gasteiger partial charge in [-0.3, -0.25) is 4.79 Å². The third-order valence-electron chi connectivity index (χ3n) is 2.72. The summed E-state index contributed by atoms with van der Waals surface area (Å²) in [5, 5.41) is 12.8. The Bertz CT molecular complexity index is 659. The van der Waals surface area contributed by atoms with E-state index < -0.39 is 5.91 Å². The van der Waals surface area contributed by atoms with E-state index in [1.807, 2.05) is 0 Å². The van der Waals surface area contributed by atoms with Crippen molar-refractivity contribution in [2.24, 2.45) is 0 Å². The Morgan fingerprint density at radius 2 is 2.10 bits per heavy atom. The van der Waals surface area contributed by atoms with Crippen LogP contribution in [0.4, 0.5) is 11.4 Å². The van der Waals surface area contributed by atoms with Crippen molar-refractivity contribution in [1.82, 2.24) is 0 Å². The Morgan fingerprint density at radius 3 is 2.75 bits per heavy atom. The molecule has 0 bridgehead atoms. The molecule has 104 valence electrons. The lowest BCUT2D eigenvalue weighted by Gasteiger charge is -2.09. The Hall–Kier alpha value is -2.40. The van der Waals surface area contributed by atoms with Gasteiger partial charge in [0.15, 0.2) is 5.75 Å². The average Bonchev–Trinajstić information content (AvgIpc) is 2.42. The maximum absolute atomic E-state index is 12.1. The van der Waals surface area contributed by atoms with Crippen molar-refractivity contribution in [3.05, 3.63) is 47.0 Å². The van der Waals surface area contributed by atoms with E-state index in [9.17, 15) is 9.90 Å². The van der Waals surface area contributed by atoms with E-state index in [0.29, 0.717) is 16.5 Å². The molecule has 0 spiro atoms. The van der Waals surface area contributed by atoms with Gasteiger partial charge in [0, 0.05) is 5.69 Å². The molecule has 5 nitrogen and oxygen atoms in total. The van der Waals surface area contributed by atoms with Crippen LogP contribution in [0, 0.1) is 0 Å². The number of methoxy groups -OCH3 is 1. The molecule has 0 aliphatic rings. The molecule has 0 saturated carbocycles. The third-order valence-corrected chi connectivity index (χ3v) is 3.02. The largest absolute Gasteiger partial charge is 0.505 e. The highest BCUT2D eigenvalue weighted by Crippen LogP contribution is 2.29. The standard InChI is InChI=1S/C14H13ClN2O3/c1-20-12-6-5-8(7-10(12)15)17-14(19)9-3-2-4-11(16)13(9)18/h2-7,18H,16H2,1H3,(H,17,19). The number of ether oxygens (including phenoxy) is 1. The smallest absolute Gasteiger partial charge is 0.259 e. The molecule has 6 heteroatoms. The topological polar surface area (TPSA) is 84.6 Å². The number of halogens is 1. The molecule has 2 aromatic rings. The molecule has 0 unspecified atom stereocenters. The predicted octanol–water partition coefficient (Wildman–Crippen LogP) is 2.89. The first-order valence-electron chi connectivity index (χ1n) is 5.75. The number of rotatable bonds is 3. The van der Waals surface area contributed by atoms with Crippen LogP contribution >= 0.6 is 11.6 Å². The summed E-state index contributed by atoms with van der Waals surface area (Å²) in [6, 6.07) is 9.41. The van der Waals surface area contributed by atoms with E-state index in [4.69, 9.17) is 22.1 Å². The SMILES string of the molecule is COc1ccc(NC(=O)c2cccc(N)c2O)cc1Cl. The molecule has 2 aromatic carbocycles. The predicted molar refractivity (Wildman–Crippen MR) is 78.5 cm³/mol. The first kappa shape index (κ1) is 14.0. The number of hydrogen-bond acceptors (Lipinski definition) is 4. The van der Waals surface area contributed by atoms with Gasteiger partial charge in [0.1, 0.15) is 5.75 Å². The lowest BCUT2D eigenvalue weighted by Crippen LogP contribution is -2.12. The molecule has 0 atom stereocenters. The normalized spacial score (nSPS) is 10.1. The fourth-order valence-electron chi connectivity index (χ4n) is 1.69. The quantitative estimate of drug-likeness (QED) is 0.600. The summed E-state index contributed by atoms with van der Waals surface area (Å²) in [5.74, 6) is -0.211. The number of nitrogens with two attached hydrogens (primary N) is 1. The van der Waals surface area contributed by atoms with Gasteiger partial charge in [-0.25, -0.2) is 0 Å². The van der Waals surface area contributed by atoms with Crippen LogP contribution in [-0.4, -0.2) is 18.1 Å². The van der Waals surface area contributed by atoms with E-state index in [-0.39, 0.29) is 17.0 Å². The molecule has 20 heavy (non-hydrogen) atoms. The van der Waals surface area contributed by atoms with Gasteiger partial charge in [-0.2, -0.15) is 0 Å². The van der Waals surface area contributed by atoms with Crippen LogP contribution in [0.5, 0.6) is 11.5 Å². The lowest BCUT2D eigenvalue weighted by molar-refractivity contribution is 0.102. The molecule has 0 fully saturated rings. The molecule has 0 aromatic heterocycles. The Balaban J connectivity index is 2.24. The van der Waals surface area contributed by atoms with Gasteiger partial charge in [-0.15, -0.1) is 0 Å². The zero-order valence-electron chi connectivity index (χ0n) is 10.7. The minimum atomic E-state index is -0.476. The summed E-state index contributed by atoms with van der Waals surface area (Å²) in [6.07, 6.45) is 0. The summed E-state index contributed by atoms with van der Waals surface area (Å²) in [5.41, 5.74) is 6.27. The van der Waals surface area contributed by atoms with Crippen LogP contribution in [0.25, 0.3) is 0 Å². The maximum Gasteiger partial charge on any atom is 0.259 e. The fraction of sp³-hybridized carbons (Fsp3) is 0.0714. The number of aromatic hydroxyl groups is 1. The van der Waals surface area contributed by atoms with Crippen molar-refractivity contribution < 1.29 is 14.6 Å². The minimum absolute atomic E-state index is 0.0944. The molecule has 4 N–H and O–H groups in total. The number of nitrogen functional groups attached to an aromatic ring is 1. The summed E-state index contributed by atoms with van der Waals surface area (Å²) in [4.78, 5) is 12.1. The van der Waals surface area contributed by atoms with E-state index in [1.54, 1.807) is 24.3 Å². The van der Waals surface area contributed by atoms with E-state index in [2.05, 4.69) is 5.32 Å². The van der Waals surface area contributed by atoms with Crippen molar-refractivity contribution in [2.75, 3.05) is 18.2 Å². The van der Waals surface area contributed by atoms with Crippen LogP contribution in [-0.2, 0) is 0 Å². The molecule has 0 heterocycles.